The fourth-order valence-corrected chi connectivity index (χ4v) is 3.82. The maximum Gasteiger partial charge on any atom is 0.159 e. The van der Waals surface area contributed by atoms with Gasteiger partial charge in [-0.25, -0.2) is 0 Å². The van der Waals surface area contributed by atoms with Crippen molar-refractivity contribution < 1.29 is 4.79 Å². The van der Waals surface area contributed by atoms with Gasteiger partial charge in [-0.15, -0.1) is 0 Å². The molecule has 4 rings (SSSR count). The highest BCUT2D eigenvalue weighted by atomic mass is 16.1. The number of hydrogen-bond acceptors (Lipinski definition) is 4. The van der Waals surface area contributed by atoms with Gasteiger partial charge in [-0.05, 0) is 79.8 Å². The average molecular weight is 416 g/mol. The molecule has 0 unspecified atom stereocenters. The highest BCUT2D eigenvalue weighted by molar-refractivity contribution is 5.94. The first-order valence-corrected chi connectivity index (χ1v) is 10.9. The summed E-state index contributed by atoms with van der Waals surface area (Å²) < 4.78 is 0. The molecule has 0 radical (unpaired) electrons. The zero-order valence-corrected chi connectivity index (χ0v) is 18.8. The monoisotopic (exact) mass is 415 g/mol. The number of carbonyl (C=O) groups is 1. The number of hydrogen-bond donors (Lipinski definition) is 2. The van der Waals surface area contributed by atoms with Crippen LogP contribution in [0.4, 0.5) is 11.4 Å². The lowest BCUT2D eigenvalue weighted by Gasteiger charge is -2.32. The lowest BCUT2D eigenvalue weighted by molar-refractivity contribution is 0.101. The first-order valence-electron chi connectivity index (χ1n) is 10.9. The Bertz CT molecular complexity index is 975. The standard InChI is InChI=1S/C14H15N.C13H18N2O/c1-11-10-13(8-9-14(11)15-2)12-6-4-3-5-7-12;1-10(16)11-2-4-13(5-3-11)15-8-6-12(14)7-9-15/h3-10,15H,1-2H3;2-5,12H,6-9,14H2,1H3. The molecule has 1 heterocycles. The van der Waals surface area contributed by atoms with E-state index in [0.717, 1.165) is 31.5 Å². The topological polar surface area (TPSA) is 58.4 Å². The van der Waals surface area contributed by atoms with E-state index in [1.165, 1.54) is 28.1 Å². The third kappa shape index (κ3) is 6.19. The number of Topliss-reactive ketones (excluding diaryl/α,β-unsaturated/α-hetero) is 1. The number of nitrogens with two attached hydrogens (primary N) is 1. The molecule has 162 valence electrons. The van der Waals surface area contributed by atoms with Crippen LogP contribution in [0.5, 0.6) is 0 Å². The second-order valence-corrected chi connectivity index (χ2v) is 8.07. The van der Waals surface area contributed by atoms with Crippen molar-refractivity contribution in [3.63, 3.8) is 0 Å². The molecule has 3 aromatic rings. The van der Waals surface area contributed by atoms with Crippen LogP contribution < -0.4 is 16.0 Å². The second-order valence-electron chi connectivity index (χ2n) is 8.07. The maximum absolute atomic E-state index is 11.1. The van der Waals surface area contributed by atoms with Gasteiger partial charge in [0.15, 0.2) is 5.78 Å². The maximum atomic E-state index is 11.1. The molecular weight excluding hydrogens is 382 g/mol. The molecule has 1 aliphatic rings. The summed E-state index contributed by atoms with van der Waals surface area (Å²) in [5.74, 6) is 0.118. The molecule has 1 saturated heterocycles. The summed E-state index contributed by atoms with van der Waals surface area (Å²) in [4.78, 5) is 13.5. The fraction of sp³-hybridized carbons (Fsp3) is 0.296. The van der Waals surface area contributed by atoms with E-state index in [0.29, 0.717) is 6.04 Å². The minimum Gasteiger partial charge on any atom is -0.388 e. The van der Waals surface area contributed by atoms with Crippen LogP contribution in [-0.4, -0.2) is 32.0 Å². The summed E-state index contributed by atoms with van der Waals surface area (Å²) >= 11 is 0. The Morgan fingerprint density at radius 1 is 0.935 bits per heavy atom. The van der Waals surface area contributed by atoms with Crippen molar-refractivity contribution in [1.82, 2.24) is 0 Å². The summed E-state index contributed by atoms with van der Waals surface area (Å²) in [6, 6.07) is 25.1. The SMILES string of the molecule is CC(=O)c1ccc(N2CCC(N)CC2)cc1.CNc1ccc(-c2ccccc2)cc1C. The Morgan fingerprint density at radius 3 is 2.13 bits per heavy atom. The van der Waals surface area contributed by atoms with Crippen molar-refractivity contribution in [2.45, 2.75) is 32.7 Å². The largest absolute Gasteiger partial charge is 0.388 e. The average Bonchev–Trinajstić information content (AvgIpc) is 2.80. The van der Waals surface area contributed by atoms with E-state index in [9.17, 15) is 4.79 Å². The number of ketones is 1. The second kappa shape index (κ2) is 10.8. The number of nitrogens with zero attached hydrogens (tertiary/aromatic N) is 1. The molecule has 0 amide bonds. The smallest absolute Gasteiger partial charge is 0.159 e. The predicted octanol–water partition coefficient (Wildman–Crippen LogP) is 5.52. The van der Waals surface area contributed by atoms with E-state index in [2.05, 4.69) is 59.6 Å². The molecule has 0 saturated carbocycles. The van der Waals surface area contributed by atoms with Gasteiger partial charge < -0.3 is 16.0 Å². The van der Waals surface area contributed by atoms with Gasteiger partial charge in [-0.1, -0.05) is 36.4 Å². The van der Waals surface area contributed by atoms with Crippen LogP contribution >= 0.6 is 0 Å². The van der Waals surface area contributed by atoms with Crippen LogP contribution in [0, 0.1) is 6.92 Å². The number of benzene rings is 3. The number of aryl methyl sites for hydroxylation is 1. The Balaban J connectivity index is 0.000000176. The van der Waals surface area contributed by atoms with Crippen molar-refractivity contribution in [1.29, 1.82) is 0 Å². The van der Waals surface area contributed by atoms with Crippen LogP contribution in [0.2, 0.25) is 0 Å². The lowest BCUT2D eigenvalue weighted by Crippen LogP contribution is -2.39. The molecule has 0 aromatic heterocycles. The normalized spacial score (nSPS) is 13.9. The molecule has 1 aliphatic heterocycles. The molecule has 0 atom stereocenters. The van der Waals surface area contributed by atoms with Crippen molar-refractivity contribution in [2.24, 2.45) is 5.73 Å². The molecule has 1 fully saturated rings. The lowest BCUT2D eigenvalue weighted by atomic mass is 10.0. The van der Waals surface area contributed by atoms with Gasteiger partial charge in [0.05, 0.1) is 0 Å². The van der Waals surface area contributed by atoms with E-state index in [-0.39, 0.29) is 5.78 Å². The van der Waals surface area contributed by atoms with Gasteiger partial charge in [-0.2, -0.15) is 0 Å². The van der Waals surface area contributed by atoms with Crippen LogP contribution in [0.1, 0.15) is 35.7 Å². The van der Waals surface area contributed by atoms with Crippen LogP contribution in [0.15, 0.2) is 72.8 Å². The first kappa shape index (κ1) is 22.6. The molecule has 0 bridgehead atoms. The van der Waals surface area contributed by atoms with E-state index in [4.69, 9.17) is 5.73 Å². The molecular formula is C27H33N3O. The van der Waals surface area contributed by atoms with Crippen molar-refractivity contribution in [3.8, 4) is 11.1 Å². The minimum absolute atomic E-state index is 0.118. The van der Waals surface area contributed by atoms with Gasteiger partial charge in [0.1, 0.15) is 0 Å². The minimum atomic E-state index is 0.118. The first-order chi connectivity index (χ1) is 15.0. The summed E-state index contributed by atoms with van der Waals surface area (Å²) in [7, 11) is 1.95. The zero-order chi connectivity index (χ0) is 22.2. The number of rotatable bonds is 4. The van der Waals surface area contributed by atoms with Gasteiger partial charge in [0.25, 0.3) is 0 Å². The number of nitrogens with one attached hydrogen (secondary N) is 1. The Kier molecular flexibility index (Phi) is 7.85. The summed E-state index contributed by atoms with van der Waals surface area (Å²) in [5.41, 5.74) is 12.8. The quantitative estimate of drug-likeness (QED) is 0.551. The zero-order valence-electron chi connectivity index (χ0n) is 18.8. The molecule has 3 aromatic carbocycles. The van der Waals surface area contributed by atoms with E-state index >= 15 is 0 Å². The Morgan fingerprint density at radius 2 is 1.58 bits per heavy atom. The van der Waals surface area contributed by atoms with Crippen molar-refractivity contribution in [2.75, 3.05) is 30.4 Å². The van der Waals surface area contributed by atoms with E-state index in [1.807, 2.05) is 37.4 Å². The molecule has 3 N–H and O–H groups in total. The molecule has 31 heavy (non-hydrogen) atoms. The molecule has 0 aliphatic carbocycles. The van der Waals surface area contributed by atoms with Gasteiger partial charge in [-0.3, -0.25) is 4.79 Å². The number of piperidine rings is 1. The van der Waals surface area contributed by atoms with Crippen LogP contribution in [-0.2, 0) is 0 Å². The van der Waals surface area contributed by atoms with Gasteiger partial charge in [0.2, 0.25) is 0 Å². The third-order valence-corrected chi connectivity index (χ3v) is 5.78. The predicted molar refractivity (Wildman–Crippen MR) is 132 cm³/mol. The number of carbonyl (C=O) groups excluding carboxylic acids is 1. The summed E-state index contributed by atoms with van der Waals surface area (Å²) in [6.07, 6.45) is 2.10. The highest BCUT2D eigenvalue weighted by Crippen LogP contribution is 2.24. The van der Waals surface area contributed by atoms with Gasteiger partial charge >= 0.3 is 0 Å². The third-order valence-electron chi connectivity index (χ3n) is 5.78. The highest BCUT2D eigenvalue weighted by Gasteiger charge is 2.16. The van der Waals surface area contributed by atoms with Crippen molar-refractivity contribution in [3.05, 3.63) is 83.9 Å². The van der Waals surface area contributed by atoms with E-state index < -0.39 is 0 Å². The van der Waals surface area contributed by atoms with Crippen molar-refractivity contribution >= 4 is 17.2 Å². The Hall–Kier alpha value is -3.11. The van der Waals surface area contributed by atoms with Crippen LogP contribution in [0.3, 0.4) is 0 Å². The Labute approximate surface area is 186 Å². The number of anilines is 2. The summed E-state index contributed by atoms with van der Waals surface area (Å²) in [5, 5.41) is 3.17. The van der Waals surface area contributed by atoms with Gasteiger partial charge in [0, 0.05) is 43.1 Å². The van der Waals surface area contributed by atoms with Crippen LogP contribution in [0.25, 0.3) is 11.1 Å². The van der Waals surface area contributed by atoms with E-state index in [1.54, 1.807) is 6.92 Å². The molecule has 4 heteroatoms. The molecule has 4 nitrogen and oxygen atoms in total. The molecule has 0 spiro atoms. The summed E-state index contributed by atoms with van der Waals surface area (Å²) in [6.45, 7) is 5.74. The fourth-order valence-electron chi connectivity index (χ4n) is 3.82.